The molecule has 0 fully saturated rings. The Balaban J connectivity index is 2.00. The van der Waals surface area contributed by atoms with Gasteiger partial charge in [-0.3, -0.25) is 0 Å². The average molecular weight is 287 g/mol. The molecule has 0 aliphatic carbocycles. The monoisotopic (exact) mass is 286 g/mol. The molecule has 2 rings (SSSR count). The van der Waals surface area contributed by atoms with Gasteiger partial charge in [-0.1, -0.05) is 11.6 Å². The molecule has 0 spiro atoms. The Bertz CT molecular complexity index is 530. The minimum absolute atomic E-state index is 0.524. The molecule has 0 bridgehead atoms. The van der Waals surface area contributed by atoms with Gasteiger partial charge in [0.1, 0.15) is 15.8 Å². The average Bonchev–Trinajstić information content (AvgIpc) is 2.70. The highest BCUT2D eigenvalue weighted by Crippen LogP contribution is 2.28. The topological polar surface area (TPSA) is 44.2 Å². The van der Waals surface area contributed by atoms with Crippen LogP contribution < -0.4 is 0 Å². The number of aromatic nitrogens is 2. The molecule has 0 aromatic carbocycles. The molecule has 0 aliphatic rings. The molecule has 98 valence electrons. The zero-order valence-electron chi connectivity index (χ0n) is 10.4. The highest BCUT2D eigenvalue weighted by atomic mass is 35.5. The molecule has 6 heteroatoms. The quantitative estimate of drug-likeness (QED) is 0.605. The Morgan fingerprint density at radius 1 is 1.28 bits per heavy atom. The zero-order chi connectivity index (χ0) is 13.0. The normalized spacial score (nSPS) is 11.3. The second kappa shape index (κ2) is 6.43. The van der Waals surface area contributed by atoms with Crippen molar-refractivity contribution in [2.75, 3.05) is 26.9 Å². The summed E-state index contributed by atoms with van der Waals surface area (Å²) in [6.45, 7) is 3.81. The number of fused-ring (bicyclic) bond motifs is 1. The third-order valence-electron chi connectivity index (χ3n) is 2.42. The maximum Gasteiger partial charge on any atom is 0.141 e. The number of hydrogen-bond donors (Lipinski definition) is 0. The van der Waals surface area contributed by atoms with E-state index in [4.69, 9.17) is 21.1 Å². The first-order valence-electron chi connectivity index (χ1n) is 5.70. The van der Waals surface area contributed by atoms with Crippen molar-refractivity contribution in [3.8, 4) is 0 Å². The van der Waals surface area contributed by atoms with Gasteiger partial charge in [-0.15, -0.1) is 11.3 Å². The SMILES string of the molecule is COCCOCCc1nc(Cl)c2cc(C)sc2n1. The van der Waals surface area contributed by atoms with Gasteiger partial charge in [0.15, 0.2) is 0 Å². The van der Waals surface area contributed by atoms with Gasteiger partial charge in [-0.2, -0.15) is 0 Å². The van der Waals surface area contributed by atoms with Gasteiger partial charge in [0.25, 0.3) is 0 Å². The lowest BCUT2D eigenvalue weighted by atomic mass is 10.3. The highest BCUT2D eigenvalue weighted by molar-refractivity contribution is 7.18. The van der Waals surface area contributed by atoms with E-state index in [1.54, 1.807) is 18.4 Å². The van der Waals surface area contributed by atoms with Crippen molar-refractivity contribution in [3.05, 3.63) is 21.9 Å². The van der Waals surface area contributed by atoms with Crippen LogP contribution in [-0.2, 0) is 15.9 Å². The predicted molar refractivity (Wildman–Crippen MR) is 73.6 cm³/mol. The van der Waals surface area contributed by atoms with Crippen molar-refractivity contribution in [1.29, 1.82) is 0 Å². The summed E-state index contributed by atoms with van der Waals surface area (Å²) in [6, 6.07) is 2.02. The molecule has 2 aromatic heterocycles. The zero-order valence-corrected chi connectivity index (χ0v) is 12.0. The fourth-order valence-corrected chi connectivity index (χ4v) is 2.76. The lowest BCUT2D eigenvalue weighted by Gasteiger charge is -2.03. The number of aryl methyl sites for hydroxylation is 1. The number of rotatable bonds is 6. The minimum atomic E-state index is 0.524. The first-order chi connectivity index (χ1) is 8.70. The van der Waals surface area contributed by atoms with Crippen LogP contribution in [0.15, 0.2) is 6.07 Å². The lowest BCUT2D eigenvalue weighted by Crippen LogP contribution is -2.07. The number of halogens is 1. The van der Waals surface area contributed by atoms with Crippen molar-refractivity contribution >= 4 is 33.2 Å². The molecule has 2 heterocycles. The van der Waals surface area contributed by atoms with Gasteiger partial charge in [0.05, 0.1) is 19.8 Å². The van der Waals surface area contributed by atoms with E-state index in [0.29, 0.717) is 31.4 Å². The molecule has 0 aliphatic heterocycles. The Morgan fingerprint density at radius 3 is 2.89 bits per heavy atom. The van der Waals surface area contributed by atoms with Crippen LogP contribution in [0.2, 0.25) is 5.15 Å². The summed E-state index contributed by atoms with van der Waals surface area (Å²) < 4.78 is 10.3. The maximum absolute atomic E-state index is 6.13. The molecule has 0 unspecified atom stereocenters. The Morgan fingerprint density at radius 2 is 2.11 bits per heavy atom. The van der Waals surface area contributed by atoms with E-state index in [1.165, 1.54) is 4.88 Å². The maximum atomic E-state index is 6.13. The Kier molecular flexibility index (Phi) is 4.88. The number of ether oxygens (including phenoxy) is 2. The van der Waals surface area contributed by atoms with E-state index in [0.717, 1.165) is 16.0 Å². The van der Waals surface area contributed by atoms with Crippen LogP contribution in [0, 0.1) is 6.92 Å². The summed E-state index contributed by atoms with van der Waals surface area (Å²) in [5, 5.41) is 1.46. The third-order valence-corrected chi connectivity index (χ3v) is 3.65. The second-order valence-electron chi connectivity index (χ2n) is 3.86. The molecule has 18 heavy (non-hydrogen) atoms. The molecule has 0 saturated carbocycles. The number of nitrogens with zero attached hydrogens (tertiary/aromatic N) is 2. The number of thiophene rings is 1. The van der Waals surface area contributed by atoms with Crippen LogP contribution >= 0.6 is 22.9 Å². The summed E-state index contributed by atoms with van der Waals surface area (Å²) in [4.78, 5) is 10.9. The van der Waals surface area contributed by atoms with Crippen molar-refractivity contribution in [3.63, 3.8) is 0 Å². The first kappa shape index (κ1) is 13.7. The van der Waals surface area contributed by atoms with Crippen molar-refractivity contribution in [2.24, 2.45) is 0 Å². The van der Waals surface area contributed by atoms with Gasteiger partial charge in [0, 0.05) is 23.8 Å². The van der Waals surface area contributed by atoms with Crippen molar-refractivity contribution in [2.45, 2.75) is 13.3 Å². The van der Waals surface area contributed by atoms with Crippen LogP contribution in [0.25, 0.3) is 10.2 Å². The van der Waals surface area contributed by atoms with Crippen LogP contribution in [0.4, 0.5) is 0 Å². The fraction of sp³-hybridized carbons (Fsp3) is 0.500. The number of hydrogen-bond acceptors (Lipinski definition) is 5. The van der Waals surface area contributed by atoms with E-state index in [9.17, 15) is 0 Å². The summed E-state index contributed by atoms with van der Waals surface area (Å²) in [5.41, 5.74) is 0. The van der Waals surface area contributed by atoms with Gasteiger partial charge in [-0.05, 0) is 13.0 Å². The Hall–Kier alpha value is -0.750. The molecule has 0 saturated heterocycles. The smallest absolute Gasteiger partial charge is 0.141 e. The molecule has 0 atom stereocenters. The molecular weight excluding hydrogens is 272 g/mol. The molecule has 4 nitrogen and oxygen atoms in total. The molecule has 0 radical (unpaired) electrons. The van der Waals surface area contributed by atoms with E-state index in [2.05, 4.69) is 9.97 Å². The van der Waals surface area contributed by atoms with Crippen LogP contribution in [-0.4, -0.2) is 36.9 Å². The van der Waals surface area contributed by atoms with E-state index < -0.39 is 0 Å². The van der Waals surface area contributed by atoms with Crippen LogP contribution in [0.3, 0.4) is 0 Å². The summed E-state index contributed by atoms with van der Waals surface area (Å²) >= 11 is 7.76. The standard InChI is InChI=1S/C12H15ClN2O2S/c1-8-7-9-11(13)14-10(15-12(9)18-8)3-4-17-6-5-16-2/h7H,3-6H2,1-2H3. The second-order valence-corrected chi connectivity index (χ2v) is 5.45. The van der Waals surface area contributed by atoms with Gasteiger partial charge < -0.3 is 9.47 Å². The third kappa shape index (κ3) is 3.38. The summed E-state index contributed by atoms with van der Waals surface area (Å²) in [5.74, 6) is 0.728. The van der Waals surface area contributed by atoms with E-state index in [1.807, 2.05) is 13.0 Å². The Labute approximate surface area is 115 Å². The first-order valence-corrected chi connectivity index (χ1v) is 6.89. The van der Waals surface area contributed by atoms with Crippen molar-refractivity contribution in [1.82, 2.24) is 9.97 Å². The highest BCUT2D eigenvalue weighted by Gasteiger charge is 2.08. The van der Waals surface area contributed by atoms with Crippen molar-refractivity contribution < 1.29 is 9.47 Å². The molecular formula is C12H15ClN2O2S. The molecule has 2 aromatic rings. The predicted octanol–water partition coefficient (Wildman–Crippen LogP) is 2.86. The van der Waals surface area contributed by atoms with Gasteiger partial charge in [-0.25, -0.2) is 9.97 Å². The summed E-state index contributed by atoms with van der Waals surface area (Å²) in [7, 11) is 1.65. The van der Waals surface area contributed by atoms with Crippen LogP contribution in [0.1, 0.15) is 10.7 Å². The minimum Gasteiger partial charge on any atom is -0.382 e. The van der Waals surface area contributed by atoms with Gasteiger partial charge >= 0.3 is 0 Å². The molecule has 0 amide bonds. The molecule has 0 N–H and O–H groups in total. The largest absolute Gasteiger partial charge is 0.382 e. The number of methoxy groups -OCH3 is 1. The summed E-state index contributed by atoms with van der Waals surface area (Å²) in [6.07, 6.45) is 0.663. The fourth-order valence-electron chi connectivity index (χ4n) is 1.57. The van der Waals surface area contributed by atoms with E-state index in [-0.39, 0.29) is 0 Å². The van der Waals surface area contributed by atoms with Crippen LogP contribution in [0.5, 0.6) is 0 Å². The lowest BCUT2D eigenvalue weighted by molar-refractivity contribution is 0.0716. The van der Waals surface area contributed by atoms with E-state index >= 15 is 0 Å². The van der Waals surface area contributed by atoms with Gasteiger partial charge in [0.2, 0.25) is 0 Å².